The number of hydrogen-bond donors (Lipinski definition) is 2. The molecule has 0 fully saturated rings. The van der Waals surface area contributed by atoms with Crippen LogP contribution in [0, 0.1) is 0 Å². The van der Waals surface area contributed by atoms with E-state index >= 15 is 0 Å². The summed E-state index contributed by atoms with van der Waals surface area (Å²) in [5, 5.41) is 10.4. The molecule has 2 aromatic heterocycles. The molecule has 7 nitrogen and oxygen atoms in total. The fourth-order valence-electron chi connectivity index (χ4n) is 2.88. The minimum absolute atomic E-state index is 0.0106. The van der Waals surface area contributed by atoms with Gasteiger partial charge >= 0.3 is 0 Å². The van der Waals surface area contributed by atoms with Crippen molar-refractivity contribution < 1.29 is 4.79 Å². The summed E-state index contributed by atoms with van der Waals surface area (Å²) in [6.45, 7) is 1.01. The Kier molecular flexibility index (Phi) is 5.24. The molecule has 0 saturated carbocycles. The van der Waals surface area contributed by atoms with E-state index in [0.717, 1.165) is 22.6 Å². The normalized spacial score (nSPS) is 10.7. The van der Waals surface area contributed by atoms with Crippen LogP contribution in [0.3, 0.4) is 0 Å². The van der Waals surface area contributed by atoms with Gasteiger partial charge in [0.2, 0.25) is 5.91 Å². The van der Waals surface area contributed by atoms with Crippen molar-refractivity contribution in [1.82, 2.24) is 24.9 Å². The highest BCUT2D eigenvalue weighted by Crippen LogP contribution is 2.21. The first kappa shape index (κ1) is 17.7. The number of carbonyl (C=O) groups excluding carboxylic acids is 1. The van der Waals surface area contributed by atoms with Gasteiger partial charge in [0.15, 0.2) is 0 Å². The van der Waals surface area contributed by atoms with E-state index in [1.54, 1.807) is 4.52 Å². The van der Waals surface area contributed by atoms with Gasteiger partial charge in [0.25, 0.3) is 5.78 Å². The SMILES string of the molecule is O=C(CCNc1cc(-c2ccccc2)nc2ncnn12)NCc1ccccc1. The quantitative estimate of drug-likeness (QED) is 0.521. The van der Waals surface area contributed by atoms with Crippen LogP contribution in [0.2, 0.25) is 0 Å². The lowest BCUT2D eigenvalue weighted by Crippen LogP contribution is -2.25. The Morgan fingerprint density at radius 1 is 1.00 bits per heavy atom. The van der Waals surface area contributed by atoms with Crippen molar-refractivity contribution in [3.05, 3.63) is 78.6 Å². The van der Waals surface area contributed by atoms with E-state index in [1.165, 1.54) is 6.33 Å². The Hall–Kier alpha value is -3.74. The number of hydrogen-bond acceptors (Lipinski definition) is 5. The number of benzene rings is 2. The molecule has 0 aliphatic carbocycles. The third kappa shape index (κ3) is 4.15. The minimum atomic E-state index is -0.0106. The fourth-order valence-corrected chi connectivity index (χ4v) is 2.88. The van der Waals surface area contributed by atoms with Crippen LogP contribution >= 0.6 is 0 Å². The zero-order chi connectivity index (χ0) is 19.2. The monoisotopic (exact) mass is 372 g/mol. The second kappa shape index (κ2) is 8.30. The lowest BCUT2D eigenvalue weighted by Gasteiger charge is -2.10. The summed E-state index contributed by atoms with van der Waals surface area (Å²) >= 11 is 0. The van der Waals surface area contributed by atoms with Crippen LogP contribution in [-0.4, -0.2) is 32.0 Å². The van der Waals surface area contributed by atoms with Gasteiger partial charge in [0, 0.05) is 31.1 Å². The highest BCUT2D eigenvalue weighted by molar-refractivity contribution is 5.76. The number of aromatic nitrogens is 4. The summed E-state index contributed by atoms with van der Waals surface area (Å²) in [4.78, 5) is 20.8. The summed E-state index contributed by atoms with van der Waals surface area (Å²) < 4.78 is 1.63. The number of fused-ring (bicyclic) bond motifs is 1. The predicted octanol–water partition coefficient (Wildman–Crippen LogP) is 2.91. The molecule has 2 heterocycles. The van der Waals surface area contributed by atoms with Crippen LogP contribution in [0.15, 0.2) is 73.1 Å². The Bertz CT molecular complexity index is 1060. The zero-order valence-corrected chi connectivity index (χ0v) is 15.2. The zero-order valence-electron chi connectivity index (χ0n) is 15.2. The molecular weight excluding hydrogens is 352 g/mol. The molecule has 0 bridgehead atoms. The van der Waals surface area contributed by atoms with Crippen molar-refractivity contribution in [3.8, 4) is 11.3 Å². The van der Waals surface area contributed by atoms with Crippen LogP contribution in [0.1, 0.15) is 12.0 Å². The van der Waals surface area contributed by atoms with Gasteiger partial charge in [0.05, 0.1) is 5.69 Å². The average molecular weight is 372 g/mol. The summed E-state index contributed by atoms with van der Waals surface area (Å²) in [5.41, 5.74) is 2.88. The van der Waals surface area contributed by atoms with E-state index in [-0.39, 0.29) is 5.91 Å². The number of anilines is 1. The number of rotatable bonds is 7. The van der Waals surface area contributed by atoms with Gasteiger partial charge in [0.1, 0.15) is 12.1 Å². The Morgan fingerprint density at radius 2 is 1.75 bits per heavy atom. The Morgan fingerprint density at radius 3 is 2.54 bits per heavy atom. The Balaban J connectivity index is 1.40. The molecule has 2 N–H and O–H groups in total. The van der Waals surface area contributed by atoms with Gasteiger partial charge in [-0.15, -0.1) is 0 Å². The highest BCUT2D eigenvalue weighted by atomic mass is 16.1. The third-order valence-corrected chi connectivity index (χ3v) is 4.31. The first-order valence-corrected chi connectivity index (χ1v) is 9.10. The standard InChI is InChI=1S/C21H20N6O/c28-20(23-14-16-7-3-1-4-8-16)11-12-22-19-13-18(17-9-5-2-6-10-17)26-21-24-15-25-27(19)21/h1-10,13,15,22H,11-12,14H2,(H,23,28). The van der Waals surface area contributed by atoms with Crippen LogP contribution in [-0.2, 0) is 11.3 Å². The molecule has 0 spiro atoms. The van der Waals surface area contributed by atoms with Crippen LogP contribution in [0.4, 0.5) is 5.82 Å². The van der Waals surface area contributed by atoms with Gasteiger partial charge in [-0.3, -0.25) is 4.79 Å². The van der Waals surface area contributed by atoms with Crippen LogP contribution < -0.4 is 10.6 Å². The molecule has 4 aromatic rings. The summed E-state index contributed by atoms with van der Waals surface area (Å²) in [7, 11) is 0. The van der Waals surface area contributed by atoms with Crippen molar-refractivity contribution >= 4 is 17.5 Å². The second-order valence-electron chi connectivity index (χ2n) is 6.30. The number of nitrogens with one attached hydrogen (secondary N) is 2. The maximum atomic E-state index is 12.1. The molecule has 1 amide bonds. The van der Waals surface area contributed by atoms with Crippen molar-refractivity contribution in [3.63, 3.8) is 0 Å². The molecule has 0 atom stereocenters. The molecule has 0 radical (unpaired) electrons. The van der Waals surface area contributed by atoms with Crippen molar-refractivity contribution in [2.45, 2.75) is 13.0 Å². The maximum Gasteiger partial charge on any atom is 0.254 e. The molecule has 28 heavy (non-hydrogen) atoms. The lowest BCUT2D eigenvalue weighted by molar-refractivity contribution is -0.121. The van der Waals surface area contributed by atoms with Gasteiger partial charge in [-0.05, 0) is 5.56 Å². The summed E-state index contributed by atoms with van der Waals surface area (Å²) in [6.07, 6.45) is 1.82. The van der Waals surface area contributed by atoms with E-state index in [9.17, 15) is 4.79 Å². The van der Waals surface area contributed by atoms with Crippen LogP contribution in [0.25, 0.3) is 17.0 Å². The molecule has 4 rings (SSSR count). The molecule has 0 saturated heterocycles. The first-order valence-electron chi connectivity index (χ1n) is 9.10. The van der Waals surface area contributed by atoms with E-state index in [4.69, 9.17) is 0 Å². The van der Waals surface area contributed by atoms with Gasteiger partial charge in [-0.1, -0.05) is 60.7 Å². The van der Waals surface area contributed by atoms with E-state index in [2.05, 4.69) is 25.7 Å². The van der Waals surface area contributed by atoms with E-state index in [1.807, 2.05) is 66.7 Å². The van der Waals surface area contributed by atoms with E-state index in [0.29, 0.717) is 25.3 Å². The molecule has 0 aliphatic rings. The van der Waals surface area contributed by atoms with Crippen LogP contribution in [0.5, 0.6) is 0 Å². The van der Waals surface area contributed by atoms with Crippen molar-refractivity contribution in [1.29, 1.82) is 0 Å². The molecule has 0 unspecified atom stereocenters. The van der Waals surface area contributed by atoms with Gasteiger partial charge in [-0.2, -0.15) is 14.6 Å². The summed E-state index contributed by atoms with van der Waals surface area (Å²) in [6, 6.07) is 21.7. The summed E-state index contributed by atoms with van der Waals surface area (Å²) in [5.74, 6) is 1.25. The Labute approximate surface area is 162 Å². The van der Waals surface area contributed by atoms with Crippen molar-refractivity contribution in [2.75, 3.05) is 11.9 Å². The number of carbonyl (C=O) groups is 1. The maximum absolute atomic E-state index is 12.1. The van der Waals surface area contributed by atoms with Crippen molar-refractivity contribution in [2.24, 2.45) is 0 Å². The molecule has 0 aliphatic heterocycles. The molecule has 140 valence electrons. The fraction of sp³-hybridized carbons (Fsp3) is 0.143. The van der Waals surface area contributed by atoms with Gasteiger partial charge in [-0.25, -0.2) is 4.98 Å². The predicted molar refractivity (Wildman–Crippen MR) is 108 cm³/mol. The first-order chi connectivity index (χ1) is 13.8. The molecule has 2 aromatic carbocycles. The molecule has 7 heteroatoms. The third-order valence-electron chi connectivity index (χ3n) is 4.31. The lowest BCUT2D eigenvalue weighted by atomic mass is 10.1. The number of nitrogens with zero attached hydrogens (tertiary/aromatic N) is 4. The highest BCUT2D eigenvalue weighted by Gasteiger charge is 2.09. The minimum Gasteiger partial charge on any atom is -0.369 e. The average Bonchev–Trinajstić information content (AvgIpc) is 3.22. The van der Waals surface area contributed by atoms with E-state index < -0.39 is 0 Å². The smallest absolute Gasteiger partial charge is 0.254 e. The molecular formula is C21H20N6O. The number of amides is 1. The second-order valence-corrected chi connectivity index (χ2v) is 6.30. The van der Waals surface area contributed by atoms with Gasteiger partial charge < -0.3 is 10.6 Å². The largest absolute Gasteiger partial charge is 0.369 e. The topological polar surface area (TPSA) is 84.2 Å².